The Morgan fingerprint density at radius 1 is 1.00 bits per heavy atom. The zero-order chi connectivity index (χ0) is 17.9. The SMILES string of the molecule is Cc1ccccc1-c1nc(CN2CCN(c3ccc(F)cc3)CC2)cs1. The standard InChI is InChI=1S/C21H22FN3S/c1-16-4-2-3-5-20(16)21-23-18(15-26-21)14-24-10-12-25(13-11-24)19-8-6-17(22)7-9-19/h2-9,15H,10-14H2,1H3. The fourth-order valence-electron chi connectivity index (χ4n) is 3.36. The van der Waals surface area contributed by atoms with Gasteiger partial charge in [-0.1, -0.05) is 24.3 Å². The van der Waals surface area contributed by atoms with Gasteiger partial charge in [0.05, 0.1) is 5.69 Å². The van der Waals surface area contributed by atoms with Gasteiger partial charge in [-0.3, -0.25) is 4.90 Å². The number of hydrogen-bond acceptors (Lipinski definition) is 4. The number of hydrogen-bond donors (Lipinski definition) is 0. The maximum atomic E-state index is 13.1. The van der Waals surface area contributed by atoms with Crippen LogP contribution in [0.25, 0.3) is 10.6 Å². The highest BCUT2D eigenvalue weighted by Crippen LogP contribution is 2.27. The first-order chi connectivity index (χ1) is 12.7. The van der Waals surface area contributed by atoms with Crippen molar-refractivity contribution in [2.24, 2.45) is 0 Å². The van der Waals surface area contributed by atoms with Crippen LogP contribution in [0.2, 0.25) is 0 Å². The molecule has 0 unspecified atom stereocenters. The van der Waals surface area contributed by atoms with E-state index in [0.717, 1.165) is 49.1 Å². The van der Waals surface area contributed by atoms with Crippen LogP contribution in [0, 0.1) is 12.7 Å². The summed E-state index contributed by atoms with van der Waals surface area (Å²) in [7, 11) is 0. The molecule has 0 bridgehead atoms. The van der Waals surface area contributed by atoms with Crippen molar-refractivity contribution in [3.05, 3.63) is 71.0 Å². The van der Waals surface area contributed by atoms with Crippen LogP contribution in [0.15, 0.2) is 53.9 Å². The van der Waals surface area contributed by atoms with Crippen LogP contribution in [0.4, 0.5) is 10.1 Å². The van der Waals surface area contributed by atoms with Gasteiger partial charge >= 0.3 is 0 Å². The molecular weight excluding hydrogens is 345 g/mol. The lowest BCUT2D eigenvalue weighted by molar-refractivity contribution is 0.247. The molecule has 3 aromatic rings. The number of piperazine rings is 1. The van der Waals surface area contributed by atoms with E-state index in [9.17, 15) is 4.39 Å². The predicted octanol–water partition coefficient (Wildman–Crippen LogP) is 4.58. The number of benzene rings is 2. The molecule has 26 heavy (non-hydrogen) atoms. The topological polar surface area (TPSA) is 19.4 Å². The summed E-state index contributed by atoms with van der Waals surface area (Å²) in [6.45, 7) is 6.93. The number of aromatic nitrogens is 1. The minimum Gasteiger partial charge on any atom is -0.369 e. The van der Waals surface area contributed by atoms with Gasteiger partial charge in [-0.15, -0.1) is 11.3 Å². The molecule has 1 fully saturated rings. The van der Waals surface area contributed by atoms with Gasteiger partial charge in [-0.2, -0.15) is 0 Å². The van der Waals surface area contributed by atoms with Crippen LogP contribution in [0.1, 0.15) is 11.3 Å². The van der Waals surface area contributed by atoms with Gasteiger partial charge in [0.15, 0.2) is 0 Å². The number of rotatable bonds is 4. The number of aryl methyl sites for hydroxylation is 1. The quantitative estimate of drug-likeness (QED) is 0.673. The van der Waals surface area contributed by atoms with Crippen LogP contribution < -0.4 is 4.90 Å². The molecule has 134 valence electrons. The highest BCUT2D eigenvalue weighted by Gasteiger charge is 2.18. The van der Waals surface area contributed by atoms with Crippen molar-refractivity contribution in [2.45, 2.75) is 13.5 Å². The fraction of sp³-hybridized carbons (Fsp3) is 0.286. The van der Waals surface area contributed by atoms with E-state index < -0.39 is 0 Å². The Morgan fingerprint density at radius 2 is 1.73 bits per heavy atom. The molecule has 2 aromatic carbocycles. The summed E-state index contributed by atoms with van der Waals surface area (Å²) in [5.74, 6) is -0.180. The third kappa shape index (κ3) is 3.79. The summed E-state index contributed by atoms with van der Waals surface area (Å²) in [6.07, 6.45) is 0. The van der Waals surface area contributed by atoms with E-state index in [1.807, 2.05) is 12.1 Å². The van der Waals surface area contributed by atoms with E-state index in [1.54, 1.807) is 11.3 Å². The lowest BCUT2D eigenvalue weighted by Gasteiger charge is -2.35. The summed E-state index contributed by atoms with van der Waals surface area (Å²) in [5.41, 5.74) is 4.73. The molecule has 0 atom stereocenters. The van der Waals surface area contributed by atoms with Gasteiger partial charge in [-0.05, 0) is 36.8 Å². The molecule has 1 saturated heterocycles. The van der Waals surface area contributed by atoms with Crippen LogP contribution in [-0.4, -0.2) is 36.1 Å². The molecule has 3 nitrogen and oxygen atoms in total. The van der Waals surface area contributed by atoms with Crippen LogP contribution in [-0.2, 0) is 6.54 Å². The summed E-state index contributed by atoms with van der Waals surface area (Å²) in [4.78, 5) is 9.60. The molecule has 0 radical (unpaired) electrons. The smallest absolute Gasteiger partial charge is 0.123 e. The Labute approximate surface area is 157 Å². The summed E-state index contributed by atoms with van der Waals surface area (Å²) >= 11 is 1.72. The third-order valence-electron chi connectivity index (χ3n) is 4.88. The molecule has 4 rings (SSSR count). The molecule has 0 saturated carbocycles. The van der Waals surface area contributed by atoms with Gasteiger partial charge in [0.2, 0.25) is 0 Å². The summed E-state index contributed by atoms with van der Waals surface area (Å²) in [5, 5.41) is 3.27. The van der Waals surface area contributed by atoms with Gasteiger partial charge in [-0.25, -0.2) is 9.37 Å². The van der Waals surface area contributed by atoms with Crippen molar-refractivity contribution < 1.29 is 4.39 Å². The van der Waals surface area contributed by atoms with Crippen molar-refractivity contribution in [2.75, 3.05) is 31.1 Å². The number of anilines is 1. The van der Waals surface area contributed by atoms with E-state index in [-0.39, 0.29) is 5.82 Å². The lowest BCUT2D eigenvalue weighted by Crippen LogP contribution is -2.46. The monoisotopic (exact) mass is 367 g/mol. The first-order valence-electron chi connectivity index (χ1n) is 8.92. The van der Waals surface area contributed by atoms with E-state index in [0.29, 0.717) is 0 Å². The lowest BCUT2D eigenvalue weighted by atomic mass is 10.1. The van der Waals surface area contributed by atoms with Gasteiger partial charge < -0.3 is 4.90 Å². The van der Waals surface area contributed by atoms with Crippen molar-refractivity contribution in [3.63, 3.8) is 0 Å². The van der Waals surface area contributed by atoms with Gasteiger partial charge in [0.25, 0.3) is 0 Å². The average Bonchev–Trinajstić information content (AvgIpc) is 3.12. The van der Waals surface area contributed by atoms with Crippen molar-refractivity contribution in [1.29, 1.82) is 0 Å². The second-order valence-electron chi connectivity index (χ2n) is 6.70. The number of nitrogens with zero attached hydrogens (tertiary/aromatic N) is 3. The molecule has 1 aliphatic heterocycles. The molecular formula is C21H22FN3S. The third-order valence-corrected chi connectivity index (χ3v) is 5.80. The zero-order valence-corrected chi connectivity index (χ0v) is 15.7. The van der Waals surface area contributed by atoms with Crippen molar-refractivity contribution in [1.82, 2.24) is 9.88 Å². The zero-order valence-electron chi connectivity index (χ0n) is 14.9. The van der Waals surface area contributed by atoms with E-state index in [1.165, 1.54) is 23.3 Å². The number of thiazole rings is 1. The van der Waals surface area contributed by atoms with Gasteiger partial charge in [0.1, 0.15) is 10.8 Å². The highest BCUT2D eigenvalue weighted by atomic mass is 32.1. The second kappa shape index (κ2) is 7.56. The Bertz CT molecular complexity index is 867. The Morgan fingerprint density at radius 3 is 2.46 bits per heavy atom. The highest BCUT2D eigenvalue weighted by molar-refractivity contribution is 7.13. The normalized spacial score (nSPS) is 15.4. The second-order valence-corrected chi connectivity index (χ2v) is 7.56. The van der Waals surface area contributed by atoms with Crippen molar-refractivity contribution in [3.8, 4) is 10.6 Å². The Balaban J connectivity index is 1.36. The minimum absolute atomic E-state index is 0.180. The molecule has 2 heterocycles. The predicted molar refractivity (Wildman–Crippen MR) is 106 cm³/mol. The Kier molecular flexibility index (Phi) is 5.00. The molecule has 1 aliphatic rings. The van der Waals surface area contributed by atoms with Crippen LogP contribution in [0.3, 0.4) is 0 Å². The molecule has 0 amide bonds. The molecule has 0 aliphatic carbocycles. The van der Waals surface area contributed by atoms with E-state index in [4.69, 9.17) is 4.98 Å². The summed E-state index contributed by atoms with van der Waals surface area (Å²) < 4.78 is 13.1. The molecule has 1 aromatic heterocycles. The fourth-order valence-corrected chi connectivity index (χ4v) is 4.26. The molecule has 0 spiro atoms. The largest absolute Gasteiger partial charge is 0.369 e. The van der Waals surface area contributed by atoms with Crippen molar-refractivity contribution >= 4 is 17.0 Å². The number of halogens is 1. The first kappa shape index (κ1) is 17.2. The van der Waals surface area contributed by atoms with E-state index in [2.05, 4.69) is 46.4 Å². The van der Waals surface area contributed by atoms with Crippen LogP contribution >= 0.6 is 11.3 Å². The molecule has 5 heteroatoms. The maximum Gasteiger partial charge on any atom is 0.123 e. The first-order valence-corrected chi connectivity index (χ1v) is 9.80. The summed E-state index contributed by atoms with van der Waals surface area (Å²) in [6, 6.07) is 15.2. The average molecular weight is 367 g/mol. The Hall–Kier alpha value is -2.24. The maximum absolute atomic E-state index is 13.1. The van der Waals surface area contributed by atoms with Crippen LogP contribution in [0.5, 0.6) is 0 Å². The van der Waals surface area contributed by atoms with Gasteiger partial charge in [0, 0.05) is 49.4 Å². The molecule has 0 N–H and O–H groups in total. The van der Waals surface area contributed by atoms with E-state index >= 15 is 0 Å². The minimum atomic E-state index is -0.180.